The minimum atomic E-state index is -3.91. The van der Waals surface area contributed by atoms with E-state index in [2.05, 4.69) is 5.32 Å². The molecule has 1 aliphatic heterocycles. The lowest BCUT2D eigenvalue weighted by Crippen LogP contribution is -2.40. The zero-order chi connectivity index (χ0) is 16.7. The smallest absolute Gasteiger partial charge is 0.251 e. The number of amides is 2. The molecule has 1 aromatic rings. The Hall–Kier alpha value is -1.93. The molecule has 0 unspecified atom stereocenters. The third kappa shape index (κ3) is 3.12. The number of carbonyl (C=O) groups excluding carboxylic acids is 2. The van der Waals surface area contributed by atoms with Gasteiger partial charge in [0.1, 0.15) is 6.04 Å². The molecule has 1 fully saturated rings. The molecule has 1 aromatic carbocycles. The van der Waals surface area contributed by atoms with Crippen LogP contribution in [0, 0.1) is 13.8 Å². The fourth-order valence-corrected chi connectivity index (χ4v) is 3.33. The summed E-state index contributed by atoms with van der Waals surface area (Å²) in [5.74, 6) is -0.634. The minimum Gasteiger partial charge on any atom is -0.344 e. The number of benzene rings is 1. The molecule has 0 radical (unpaired) electrons. The monoisotopic (exact) mass is 325 g/mol. The molecule has 3 N–H and O–H groups in total. The van der Waals surface area contributed by atoms with Crippen LogP contribution in [0.1, 0.15) is 27.9 Å². The van der Waals surface area contributed by atoms with Crippen molar-refractivity contribution in [2.24, 2.45) is 5.14 Å². The first-order chi connectivity index (χ1) is 10.1. The molecule has 0 aromatic heterocycles. The van der Waals surface area contributed by atoms with E-state index in [0.29, 0.717) is 24.1 Å². The van der Waals surface area contributed by atoms with Crippen molar-refractivity contribution in [3.05, 3.63) is 28.8 Å². The van der Waals surface area contributed by atoms with Crippen LogP contribution in [0.25, 0.3) is 0 Å². The van der Waals surface area contributed by atoms with Crippen molar-refractivity contribution in [3.63, 3.8) is 0 Å². The normalized spacial score (nSPS) is 18.6. The van der Waals surface area contributed by atoms with Crippen molar-refractivity contribution >= 4 is 21.8 Å². The summed E-state index contributed by atoms with van der Waals surface area (Å²) >= 11 is 0. The number of hydrogen-bond acceptors (Lipinski definition) is 4. The number of hydrogen-bond donors (Lipinski definition) is 2. The number of carbonyl (C=O) groups is 2. The lowest BCUT2D eigenvalue weighted by atomic mass is 10.1. The highest BCUT2D eigenvalue weighted by atomic mass is 32.2. The van der Waals surface area contributed by atoms with Crippen LogP contribution >= 0.6 is 0 Å². The third-order valence-electron chi connectivity index (χ3n) is 3.92. The predicted octanol–water partition coefficient (Wildman–Crippen LogP) is -0.0887. The van der Waals surface area contributed by atoms with Gasteiger partial charge in [0.05, 0.1) is 4.90 Å². The first kappa shape index (κ1) is 16.4. The van der Waals surface area contributed by atoms with Crippen molar-refractivity contribution in [3.8, 4) is 0 Å². The Kier molecular flexibility index (Phi) is 4.25. The predicted molar refractivity (Wildman–Crippen MR) is 80.8 cm³/mol. The summed E-state index contributed by atoms with van der Waals surface area (Å²) in [4.78, 5) is 25.6. The van der Waals surface area contributed by atoms with E-state index in [9.17, 15) is 18.0 Å². The number of nitrogens with two attached hydrogens (primary N) is 1. The van der Waals surface area contributed by atoms with Crippen LogP contribution in [0.4, 0.5) is 0 Å². The topological polar surface area (TPSA) is 110 Å². The van der Waals surface area contributed by atoms with E-state index in [0.717, 1.165) is 0 Å². The average molecular weight is 325 g/mol. The van der Waals surface area contributed by atoms with Gasteiger partial charge in [0.25, 0.3) is 5.91 Å². The van der Waals surface area contributed by atoms with Gasteiger partial charge in [-0.25, -0.2) is 13.6 Å². The molecule has 1 saturated heterocycles. The lowest BCUT2D eigenvalue weighted by molar-refractivity contribution is -0.128. The van der Waals surface area contributed by atoms with E-state index in [1.807, 2.05) is 0 Å². The van der Waals surface area contributed by atoms with E-state index in [-0.39, 0.29) is 16.4 Å². The number of nitrogens with one attached hydrogen (secondary N) is 1. The van der Waals surface area contributed by atoms with E-state index < -0.39 is 22.0 Å². The molecule has 8 heteroatoms. The van der Waals surface area contributed by atoms with E-state index in [1.54, 1.807) is 31.9 Å². The largest absolute Gasteiger partial charge is 0.344 e. The van der Waals surface area contributed by atoms with Gasteiger partial charge in [-0.2, -0.15) is 0 Å². The second-order valence-electron chi connectivity index (χ2n) is 5.54. The Morgan fingerprint density at radius 3 is 2.50 bits per heavy atom. The van der Waals surface area contributed by atoms with Crippen LogP contribution in [-0.4, -0.2) is 44.8 Å². The molecule has 0 bridgehead atoms. The van der Waals surface area contributed by atoms with Gasteiger partial charge < -0.3 is 10.2 Å². The highest BCUT2D eigenvalue weighted by Crippen LogP contribution is 2.20. The molecule has 7 nitrogen and oxygen atoms in total. The first-order valence-corrected chi connectivity index (χ1v) is 8.36. The molecule has 1 aliphatic rings. The van der Waals surface area contributed by atoms with E-state index >= 15 is 0 Å². The standard InChI is InChI=1S/C14H19N3O4S/c1-8-6-10(7-12(9(8)2)22(15,20)21)13(18)16-11-4-5-17(3)14(11)19/h6-7,11H,4-5H2,1-3H3,(H,16,18)(H2,15,20,21)/t11-/m1/s1. The molecule has 1 heterocycles. The quantitative estimate of drug-likeness (QED) is 0.809. The van der Waals surface area contributed by atoms with Crippen LogP contribution in [0.3, 0.4) is 0 Å². The Morgan fingerprint density at radius 2 is 2.00 bits per heavy atom. The van der Waals surface area contributed by atoms with Crippen LogP contribution in [0.15, 0.2) is 17.0 Å². The van der Waals surface area contributed by atoms with E-state index in [4.69, 9.17) is 5.14 Å². The molecule has 22 heavy (non-hydrogen) atoms. The first-order valence-electron chi connectivity index (χ1n) is 6.81. The summed E-state index contributed by atoms with van der Waals surface area (Å²) in [5, 5.41) is 7.81. The highest BCUT2D eigenvalue weighted by Gasteiger charge is 2.30. The summed E-state index contributed by atoms with van der Waals surface area (Å²) in [7, 11) is -2.24. The van der Waals surface area contributed by atoms with E-state index in [1.165, 1.54) is 6.07 Å². The molecule has 120 valence electrons. The van der Waals surface area contributed by atoms with Crippen molar-refractivity contribution in [1.82, 2.24) is 10.2 Å². The van der Waals surface area contributed by atoms with Gasteiger partial charge in [-0.05, 0) is 43.5 Å². The number of sulfonamides is 1. The summed E-state index contributed by atoms with van der Waals surface area (Å²) in [6, 6.07) is 2.26. The number of rotatable bonds is 3. The summed E-state index contributed by atoms with van der Waals surface area (Å²) in [6.07, 6.45) is 0.536. The Balaban J connectivity index is 2.31. The fourth-order valence-electron chi connectivity index (χ4n) is 2.45. The Labute approximate surface area is 129 Å². The zero-order valence-corrected chi connectivity index (χ0v) is 13.5. The van der Waals surface area contributed by atoms with Crippen LogP contribution in [0.2, 0.25) is 0 Å². The zero-order valence-electron chi connectivity index (χ0n) is 12.7. The van der Waals surface area contributed by atoms with Crippen LogP contribution in [-0.2, 0) is 14.8 Å². The number of likely N-dealkylation sites (N-methyl/N-ethyl adjacent to an activating group) is 1. The van der Waals surface area contributed by atoms with Crippen LogP contribution in [0.5, 0.6) is 0 Å². The minimum absolute atomic E-state index is 0.0764. The fraction of sp³-hybridized carbons (Fsp3) is 0.429. The molecule has 1 atom stereocenters. The summed E-state index contributed by atoms with van der Waals surface area (Å²) < 4.78 is 23.2. The third-order valence-corrected chi connectivity index (χ3v) is 4.96. The molecule has 2 rings (SSSR count). The summed E-state index contributed by atoms with van der Waals surface area (Å²) in [6.45, 7) is 3.92. The maximum absolute atomic E-state index is 12.3. The van der Waals surface area contributed by atoms with Gasteiger partial charge >= 0.3 is 0 Å². The number of likely N-dealkylation sites (tertiary alicyclic amines) is 1. The van der Waals surface area contributed by atoms with Crippen molar-refractivity contribution in [2.75, 3.05) is 13.6 Å². The number of aryl methyl sites for hydroxylation is 1. The van der Waals surface area contributed by atoms with Gasteiger partial charge in [-0.1, -0.05) is 0 Å². The molecule has 0 aliphatic carbocycles. The van der Waals surface area contributed by atoms with Crippen molar-refractivity contribution < 1.29 is 18.0 Å². The average Bonchev–Trinajstić information content (AvgIpc) is 2.72. The second-order valence-corrected chi connectivity index (χ2v) is 7.07. The van der Waals surface area contributed by atoms with Crippen LogP contribution < -0.4 is 10.5 Å². The molecule has 0 spiro atoms. The van der Waals surface area contributed by atoms with Gasteiger partial charge in [-0.15, -0.1) is 0 Å². The number of primary sulfonamides is 1. The van der Waals surface area contributed by atoms with Crippen molar-refractivity contribution in [1.29, 1.82) is 0 Å². The molecular formula is C14H19N3O4S. The molecule has 0 saturated carbocycles. The van der Waals surface area contributed by atoms with Gasteiger partial charge in [0.15, 0.2) is 0 Å². The van der Waals surface area contributed by atoms with Gasteiger partial charge in [0.2, 0.25) is 15.9 Å². The maximum Gasteiger partial charge on any atom is 0.251 e. The van der Waals surface area contributed by atoms with Gasteiger partial charge in [0, 0.05) is 19.2 Å². The SMILES string of the molecule is Cc1cc(C(=O)N[C@@H]2CCN(C)C2=O)cc(S(N)(=O)=O)c1C. The molecular weight excluding hydrogens is 306 g/mol. The van der Waals surface area contributed by atoms with Crippen molar-refractivity contribution in [2.45, 2.75) is 31.2 Å². The molecule has 2 amide bonds. The summed E-state index contributed by atoms with van der Waals surface area (Å²) in [5.41, 5.74) is 1.33. The second kappa shape index (κ2) is 5.69. The van der Waals surface area contributed by atoms with Gasteiger partial charge in [-0.3, -0.25) is 9.59 Å². The highest BCUT2D eigenvalue weighted by molar-refractivity contribution is 7.89. The number of nitrogens with zero attached hydrogens (tertiary/aromatic N) is 1. The Morgan fingerprint density at radius 1 is 1.36 bits per heavy atom. The Bertz CT molecular complexity index is 743. The lowest BCUT2D eigenvalue weighted by Gasteiger charge is -2.14. The maximum atomic E-state index is 12.3.